The lowest BCUT2D eigenvalue weighted by atomic mass is 10.0. The fourth-order valence-corrected chi connectivity index (χ4v) is 2.57. The summed E-state index contributed by atoms with van der Waals surface area (Å²) in [5.74, 6) is -1.32. The number of benzene rings is 3. The number of nitrogens with one attached hydrogen (secondary N) is 1. The molecule has 0 unspecified atom stereocenters. The molecule has 3 aromatic rings. The van der Waals surface area contributed by atoms with Gasteiger partial charge >= 0.3 is 5.97 Å². The van der Waals surface area contributed by atoms with E-state index in [1.807, 2.05) is 30.3 Å². The zero-order valence-corrected chi connectivity index (χ0v) is 14.7. The second-order valence-corrected chi connectivity index (χ2v) is 5.84. The van der Waals surface area contributed by atoms with Gasteiger partial charge in [0.2, 0.25) is 0 Å². The smallest absolute Gasteiger partial charge is 0.338 e. The van der Waals surface area contributed by atoms with Gasteiger partial charge in [0.05, 0.1) is 10.5 Å². The first-order valence-corrected chi connectivity index (χ1v) is 8.40. The molecule has 3 aromatic carbocycles. The molecule has 28 heavy (non-hydrogen) atoms. The third-order valence-corrected chi connectivity index (χ3v) is 3.94. The number of esters is 1. The van der Waals surface area contributed by atoms with E-state index < -0.39 is 23.4 Å². The third kappa shape index (κ3) is 4.59. The lowest BCUT2D eigenvalue weighted by molar-refractivity contribution is -0.383. The fraction of sp³-hybridized carbons (Fsp3) is 0.0476. The summed E-state index contributed by atoms with van der Waals surface area (Å²) in [6.07, 6.45) is 0. The van der Waals surface area contributed by atoms with Crippen LogP contribution < -0.4 is 5.32 Å². The molecule has 3 rings (SSSR count). The number of amides is 1. The van der Waals surface area contributed by atoms with E-state index in [2.05, 4.69) is 5.32 Å². The Morgan fingerprint density at radius 1 is 0.857 bits per heavy atom. The van der Waals surface area contributed by atoms with E-state index in [1.54, 1.807) is 30.3 Å². The Hall–Kier alpha value is -4.00. The van der Waals surface area contributed by atoms with Gasteiger partial charge in [-0.25, -0.2) is 4.79 Å². The highest BCUT2D eigenvalue weighted by molar-refractivity contribution is 5.96. The molecule has 0 spiro atoms. The minimum Gasteiger partial charge on any atom is -0.452 e. The van der Waals surface area contributed by atoms with E-state index in [9.17, 15) is 19.7 Å². The molecule has 0 aliphatic carbocycles. The van der Waals surface area contributed by atoms with Crippen molar-refractivity contribution in [3.8, 4) is 11.1 Å². The Bertz CT molecular complexity index is 1000. The average Bonchev–Trinajstić information content (AvgIpc) is 2.73. The molecule has 140 valence electrons. The molecular formula is C21H16N2O5. The second-order valence-electron chi connectivity index (χ2n) is 5.84. The SMILES string of the molecule is O=C(COC(=O)c1ccc(-c2ccccc2)cc1)Nc1ccccc1[N+](=O)[O-]. The highest BCUT2D eigenvalue weighted by atomic mass is 16.6. The summed E-state index contributed by atoms with van der Waals surface area (Å²) in [5.41, 5.74) is 2.08. The molecule has 1 amide bonds. The van der Waals surface area contributed by atoms with Crippen molar-refractivity contribution in [2.75, 3.05) is 11.9 Å². The number of nitrogens with zero attached hydrogens (tertiary/aromatic N) is 1. The number of para-hydroxylation sites is 2. The second kappa shape index (κ2) is 8.59. The summed E-state index contributed by atoms with van der Waals surface area (Å²) < 4.78 is 4.99. The lowest BCUT2D eigenvalue weighted by Crippen LogP contribution is -2.21. The summed E-state index contributed by atoms with van der Waals surface area (Å²) in [5, 5.41) is 13.3. The van der Waals surface area contributed by atoms with Gasteiger partial charge in [-0.3, -0.25) is 14.9 Å². The Morgan fingerprint density at radius 3 is 2.14 bits per heavy atom. The van der Waals surface area contributed by atoms with Gasteiger partial charge in [-0.2, -0.15) is 0 Å². The van der Waals surface area contributed by atoms with Crippen LogP contribution in [0.15, 0.2) is 78.9 Å². The van der Waals surface area contributed by atoms with Crippen LogP contribution in [0.1, 0.15) is 10.4 Å². The van der Waals surface area contributed by atoms with Crippen molar-refractivity contribution in [2.45, 2.75) is 0 Å². The number of rotatable bonds is 6. The number of nitro groups is 1. The van der Waals surface area contributed by atoms with Crippen LogP contribution >= 0.6 is 0 Å². The van der Waals surface area contributed by atoms with Crippen LogP contribution in [-0.2, 0) is 9.53 Å². The quantitative estimate of drug-likeness (QED) is 0.397. The predicted octanol–water partition coefficient (Wildman–Crippen LogP) is 4.06. The number of hydrogen-bond acceptors (Lipinski definition) is 5. The molecule has 0 aliphatic heterocycles. The maximum Gasteiger partial charge on any atom is 0.338 e. The van der Waals surface area contributed by atoms with Crippen molar-refractivity contribution in [2.24, 2.45) is 0 Å². The van der Waals surface area contributed by atoms with Gasteiger partial charge in [-0.05, 0) is 29.3 Å². The summed E-state index contributed by atoms with van der Waals surface area (Å²) in [7, 11) is 0. The van der Waals surface area contributed by atoms with Crippen LogP contribution in [0, 0.1) is 10.1 Å². The maximum absolute atomic E-state index is 12.1. The van der Waals surface area contributed by atoms with Crippen molar-refractivity contribution in [3.63, 3.8) is 0 Å². The third-order valence-electron chi connectivity index (χ3n) is 3.94. The zero-order chi connectivity index (χ0) is 19.9. The molecule has 7 heteroatoms. The summed E-state index contributed by atoms with van der Waals surface area (Å²) in [4.78, 5) is 34.4. The van der Waals surface area contributed by atoms with E-state index in [1.165, 1.54) is 18.2 Å². The Kier molecular flexibility index (Phi) is 5.76. The minimum atomic E-state index is -0.663. The van der Waals surface area contributed by atoms with E-state index in [0.717, 1.165) is 11.1 Å². The van der Waals surface area contributed by atoms with E-state index in [-0.39, 0.29) is 11.4 Å². The molecule has 0 fully saturated rings. The fourth-order valence-electron chi connectivity index (χ4n) is 2.57. The van der Waals surface area contributed by atoms with Gasteiger partial charge in [0.25, 0.3) is 11.6 Å². The first kappa shape index (κ1) is 18.8. The molecular weight excluding hydrogens is 360 g/mol. The molecule has 0 radical (unpaired) electrons. The largest absolute Gasteiger partial charge is 0.452 e. The van der Waals surface area contributed by atoms with Crippen LogP contribution in [0.3, 0.4) is 0 Å². The number of carbonyl (C=O) groups excluding carboxylic acids is 2. The molecule has 7 nitrogen and oxygen atoms in total. The highest BCUT2D eigenvalue weighted by Gasteiger charge is 2.16. The zero-order valence-electron chi connectivity index (χ0n) is 14.7. The van der Waals surface area contributed by atoms with Gasteiger partial charge in [0.15, 0.2) is 6.61 Å². The molecule has 0 aromatic heterocycles. The molecule has 0 saturated heterocycles. The van der Waals surface area contributed by atoms with Gasteiger partial charge in [-0.15, -0.1) is 0 Å². The normalized spacial score (nSPS) is 10.1. The summed E-state index contributed by atoms with van der Waals surface area (Å²) in [6.45, 7) is -0.550. The first-order chi connectivity index (χ1) is 13.5. The number of ether oxygens (including phenoxy) is 1. The Morgan fingerprint density at radius 2 is 1.46 bits per heavy atom. The maximum atomic E-state index is 12.1. The lowest BCUT2D eigenvalue weighted by Gasteiger charge is -2.08. The topological polar surface area (TPSA) is 98.5 Å². The van der Waals surface area contributed by atoms with E-state index in [4.69, 9.17) is 4.74 Å². The Labute approximate surface area is 160 Å². The Balaban J connectivity index is 1.58. The molecule has 0 aliphatic rings. The first-order valence-electron chi connectivity index (χ1n) is 8.40. The van der Waals surface area contributed by atoms with Gasteiger partial charge < -0.3 is 10.1 Å². The molecule has 0 atom stereocenters. The molecule has 0 bridgehead atoms. The summed E-state index contributed by atoms with van der Waals surface area (Å²) >= 11 is 0. The van der Waals surface area contributed by atoms with Crippen LogP contribution in [0.4, 0.5) is 11.4 Å². The van der Waals surface area contributed by atoms with Gasteiger partial charge in [0, 0.05) is 6.07 Å². The molecule has 1 N–H and O–H groups in total. The summed E-state index contributed by atoms with van der Waals surface area (Å²) in [6, 6.07) is 22.2. The van der Waals surface area contributed by atoms with Crippen LogP contribution in [-0.4, -0.2) is 23.4 Å². The van der Waals surface area contributed by atoms with Crippen molar-refractivity contribution >= 4 is 23.3 Å². The monoisotopic (exact) mass is 376 g/mol. The highest BCUT2D eigenvalue weighted by Crippen LogP contribution is 2.23. The number of hydrogen-bond donors (Lipinski definition) is 1. The van der Waals surface area contributed by atoms with Gasteiger partial charge in [0.1, 0.15) is 5.69 Å². The predicted molar refractivity (Wildman–Crippen MR) is 104 cm³/mol. The van der Waals surface area contributed by atoms with E-state index in [0.29, 0.717) is 5.56 Å². The standard InChI is InChI=1S/C21H16N2O5/c24-20(22-18-8-4-5-9-19(18)23(26)27)14-28-21(25)17-12-10-16(11-13-17)15-6-2-1-3-7-15/h1-13H,14H2,(H,22,24). The van der Waals surface area contributed by atoms with Crippen molar-refractivity contribution in [1.82, 2.24) is 0 Å². The average molecular weight is 376 g/mol. The van der Waals surface area contributed by atoms with Gasteiger partial charge in [-0.1, -0.05) is 54.6 Å². The van der Waals surface area contributed by atoms with Crippen LogP contribution in [0.5, 0.6) is 0 Å². The minimum absolute atomic E-state index is 0.0424. The van der Waals surface area contributed by atoms with Crippen molar-refractivity contribution in [1.29, 1.82) is 0 Å². The number of carbonyl (C=O) groups is 2. The number of anilines is 1. The van der Waals surface area contributed by atoms with Crippen molar-refractivity contribution < 1.29 is 19.2 Å². The molecule has 0 saturated carbocycles. The van der Waals surface area contributed by atoms with Crippen LogP contribution in [0.2, 0.25) is 0 Å². The van der Waals surface area contributed by atoms with Crippen molar-refractivity contribution in [3.05, 3.63) is 94.5 Å². The number of nitro benzene ring substituents is 1. The van der Waals surface area contributed by atoms with E-state index >= 15 is 0 Å². The molecule has 0 heterocycles. The van der Waals surface area contributed by atoms with Crippen LogP contribution in [0.25, 0.3) is 11.1 Å².